The lowest BCUT2D eigenvalue weighted by Crippen LogP contribution is -2.34. The Morgan fingerprint density at radius 1 is 1.32 bits per heavy atom. The van der Waals surface area contributed by atoms with Gasteiger partial charge in [-0.15, -0.1) is 0 Å². The smallest absolute Gasteiger partial charge is 0.416 e. The van der Waals surface area contributed by atoms with E-state index in [0.29, 0.717) is 5.56 Å². The van der Waals surface area contributed by atoms with E-state index in [0.717, 1.165) is 18.6 Å². The van der Waals surface area contributed by atoms with Crippen LogP contribution in [0.5, 0.6) is 0 Å². The van der Waals surface area contributed by atoms with Crippen molar-refractivity contribution in [2.75, 3.05) is 0 Å². The third-order valence-electron chi connectivity index (χ3n) is 2.88. The molecule has 2 N–H and O–H groups in total. The molecule has 1 aromatic rings. The summed E-state index contributed by atoms with van der Waals surface area (Å²) in [5.74, 6) is -1.11. The highest BCUT2D eigenvalue weighted by Gasteiger charge is 2.30. The molecular weight excluding hydrogens is 259 g/mol. The molecule has 0 aliphatic heterocycles. The van der Waals surface area contributed by atoms with E-state index < -0.39 is 23.8 Å². The van der Waals surface area contributed by atoms with Crippen molar-refractivity contribution >= 4 is 5.97 Å². The SMILES string of the molecule is CCC(C)NC(C(=O)O)c1ccc(C(F)(F)F)cc1. The van der Waals surface area contributed by atoms with Crippen LogP contribution in [-0.2, 0) is 11.0 Å². The summed E-state index contributed by atoms with van der Waals surface area (Å²) in [6.45, 7) is 3.71. The van der Waals surface area contributed by atoms with Crippen LogP contribution in [0.3, 0.4) is 0 Å². The Bertz CT molecular complexity index is 429. The largest absolute Gasteiger partial charge is 0.480 e. The number of halogens is 3. The molecule has 1 aromatic carbocycles. The van der Waals surface area contributed by atoms with Crippen molar-refractivity contribution < 1.29 is 23.1 Å². The lowest BCUT2D eigenvalue weighted by atomic mass is 10.0. The van der Waals surface area contributed by atoms with Crippen LogP contribution >= 0.6 is 0 Å². The molecule has 0 spiro atoms. The highest BCUT2D eigenvalue weighted by molar-refractivity contribution is 5.75. The Balaban J connectivity index is 2.95. The van der Waals surface area contributed by atoms with Gasteiger partial charge in [-0.1, -0.05) is 19.1 Å². The third kappa shape index (κ3) is 4.24. The van der Waals surface area contributed by atoms with E-state index in [9.17, 15) is 18.0 Å². The van der Waals surface area contributed by atoms with E-state index in [-0.39, 0.29) is 6.04 Å². The Morgan fingerprint density at radius 2 is 1.84 bits per heavy atom. The average molecular weight is 275 g/mol. The van der Waals surface area contributed by atoms with Gasteiger partial charge in [0.25, 0.3) is 0 Å². The van der Waals surface area contributed by atoms with Crippen molar-refractivity contribution in [1.82, 2.24) is 5.32 Å². The van der Waals surface area contributed by atoms with Gasteiger partial charge in [0.15, 0.2) is 0 Å². The molecular formula is C13H16F3NO2. The standard InChI is InChI=1S/C13H16F3NO2/c1-3-8(2)17-11(12(18)19)9-4-6-10(7-5-9)13(14,15)16/h4-8,11,17H,3H2,1-2H3,(H,18,19). The maximum Gasteiger partial charge on any atom is 0.416 e. The quantitative estimate of drug-likeness (QED) is 0.867. The molecule has 106 valence electrons. The molecule has 0 radical (unpaired) electrons. The minimum absolute atomic E-state index is 0.0385. The van der Waals surface area contributed by atoms with Gasteiger partial charge in [0, 0.05) is 6.04 Å². The van der Waals surface area contributed by atoms with Crippen LogP contribution in [0.2, 0.25) is 0 Å². The predicted octanol–water partition coefficient (Wildman–Crippen LogP) is 3.22. The molecule has 0 aliphatic rings. The van der Waals surface area contributed by atoms with Crippen LogP contribution in [0.25, 0.3) is 0 Å². The van der Waals surface area contributed by atoms with Gasteiger partial charge in [-0.25, -0.2) is 0 Å². The van der Waals surface area contributed by atoms with E-state index in [4.69, 9.17) is 5.11 Å². The molecule has 19 heavy (non-hydrogen) atoms. The minimum atomic E-state index is -4.42. The Hall–Kier alpha value is -1.56. The number of aliphatic carboxylic acids is 1. The number of hydrogen-bond acceptors (Lipinski definition) is 2. The van der Waals surface area contributed by atoms with Crippen molar-refractivity contribution in [2.24, 2.45) is 0 Å². The van der Waals surface area contributed by atoms with Gasteiger partial charge in [-0.2, -0.15) is 13.2 Å². The zero-order valence-electron chi connectivity index (χ0n) is 10.7. The summed E-state index contributed by atoms with van der Waals surface area (Å²) in [5.41, 5.74) is -0.482. The van der Waals surface area contributed by atoms with Crippen molar-refractivity contribution in [1.29, 1.82) is 0 Å². The second-order valence-corrected chi connectivity index (χ2v) is 4.37. The lowest BCUT2D eigenvalue weighted by Gasteiger charge is -2.19. The summed E-state index contributed by atoms with van der Waals surface area (Å²) >= 11 is 0. The molecule has 0 fully saturated rings. The van der Waals surface area contributed by atoms with Crippen LogP contribution in [0.1, 0.15) is 37.4 Å². The van der Waals surface area contributed by atoms with Gasteiger partial charge in [-0.3, -0.25) is 10.1 Å². The normalized spacial score (nSPS) is 15.0. The van der Waals surface area contributed by atoms with Crippen molar-refractivity contribution in [2.45, 2.75) is 38.5 Å². The Morgan fingerprint density at radius 3 is 2.21 bits per heavy atom. The number of carboxylic acid groups (broad SMARTS) is 1. The summed E-state index contributed by atoms with van der Waals surface area (Å²) in [4.78, 5) is 11.1. The van der Waals surface area contributed by atoms with Gasteiger partial charge in [0.1, 0.15) is 6.04 Å². The monoisotopic (exact) mass is 275 g/mol. The van der Waals surface area contributed by atoms with E-state index in [2.05, 4.69) is 5.32 Å². The maximum absolute atomic E-state index is 12.4. The van der Waals surface area contributed by atoms with Crippen LogP contribution in [0, 0.1) is 0 Å². The van der Waals surface area contributed by atoms with Crippen LogP contribution in [-0.4, -0.2) is 17.1 Å². The second kappa shape index (κ2) is 6.06. The number of rotatable bonds is 5. The molecule has 6 heteroatoms. The first-order valence-electron chi connectivity index (χ1n) is 5.91. The van der Waals surface area contributed by atoms with Crippen molar-refractivity contribution in [3.8, 4) is 0 Å². The molecule has 3 nitrogen and oxygen atoms in total. The fraction of sp³-hybridized carbons (Fsp3) is 0.462. The van der Waals surface area contributed by atoms with Crippen LogP contribution < -0.4 is 5.32 Å². The highest BCUT2D eigenvalue weighted by atomic mass is 19.4. The molecule has 0 aliphatic carbocycles. The zero-order valence-corrected chi connectivity index (χ0v) is 10.7. The second-order valence-electron chi connectivity index (χ2n) is 4.37. The first-order chi connectivity index (χ1) is 8.75. The molecule has 2 unspecified atom stereocenters. The summed E-state index contributed by atoms with van der Waals surface area (Å²) < 4.78 is 37.2. The average Bonchev–Trinajstić information content (AvgIpc) is 2.34. The maximum atomic E-state index is 12.4. The number of carboxylic acids is 1. The number of carbonyl (C=O) groups is 1. The number of benzene rings is 1. The van der Waals surface area contributed by atoms with E-state index >= 15 is 0 Å². The first kappa shape index (κ1) is 15.5. The van der Waals surface area contributed by atoms with Crippen molar-refractivity contribution in [3.05, 3.63) is 35.4 Å². The fourth-order valence-electron chi connectivity index (χ4n) is 1.58. The Labute approximate surface area is 109 Å². The highest BCUT2D eigenvalue weighted by Crippen LogP contribution is 2.30. The summed E-state index contributed by atoms with van der Waals surface area (Å²) in [5, 5.41) is 12.0. The number of hydrogen-bond donors (Lipinski definition) is 2. The van der Waals surface area contributed by atoms with E-state index in [1.807, 2.05) is 13.8 Å². The number of alkyl halides is 3. The Kier molecular flexibility index (Phi) is 4.94. The first-order valence-corrected chi connectivity index (χ1v) is 5.91. The van der Waals surface area contributed by atoms with Gasteiger partial charge < -0.3 is 5.11 Å². The van der Waals surface area contributed by atoms with Gasteiger partial charge in [0.05, 0.1) is 5.56 Å². The minimum Gasteiger partial charge on any atom is -0.480 e. The summed E-state index contributed by atoms with van der Waals surface area (Å²) in [6.07, 6.45) is -3.69. The predicted molar refractivity (Wildman–Crippen MR) is 64.7 cm³/mol. The lowest BCUT2D eigenvalue weighted by molar-refractivity contribution is -0.140. The molecule has 0 bridgehead atoms. The molecule has 0 aromatic heterocycles. The third-order valence-corrected chi connectivity index (χ3v) is 2.88. The summed E-state index contributed by atoms with van der Waals surface area (Å²) in [7, 11) is 0. The van der Waals surface area contributed by atoms with Gasteiger partial charge in [0.2, 0.25) is 0 Å². The molecule has 1 rings (SSSR count). The van der Waals surface area contributed by atoms with E-state index in [1.54, 1.807) is 0 Å². The molecule has 0 saturated carbocycles. The molecule has 0 heterocycles. The number of nitrogens with one attached hydrogen (secondary N) is 1. The molecule has 0 saturated heterocycles. The van der Waals surface area contributed by atoms with Crippen molar-refractivity contribution in [3.63, 3.8) is 0 Å². The van der Waals surface area contributed by atoms with Crippen LogP contribution in [0.4, 0.5) is 13.2 Å². The van der Waals surface area contributed by atoms with Gasteiger partial charge >= 0.3 is 12.1 Å². The molecule has 2 atom stereocenters. The van der Waals surface area contributed by atoms with Gasteiger partial charge in [-0.05, 0) is 31.0 Å². The topological polar surface area (TPSA) is 49.3 Å². The van der Waals surface area contributed by atoms with E-state index in [1.165, 1.54) is 12.1 Å². The molecule has 0 amide bonds. The zero-order chi connectivity index (χ0) is 14.6. The summed E-state index contributed by atoms with van der Waals surface area (Å²) in [6, 6.07) is 3.13. The fourth-order valence-corrected chi connectivity index (χ4v) is 1.58. The van der Waals surface area contributed by atoms with Crippen LogP contribution in [0.15, 0.2) is 24.3 Å².